The molecule has 1 atom stereocenters. The average Bonchev–Trinajstić information content (AvgIpc) is 2.43. The molecule has 0 spiro atoms. The monoisotopic (exact) mass is 297 g/mol. The molecular formula is C16H21F2NO2. The Labute approximate surface area is 123 Å². The highest BCUT2D eigenvalue weighted by molar-refractivity contribution is 5.75. The molecule has 0 aliphatic carbocycles. The smallest absolute Gasteiger partial charge is 0.310 e. The lowest BCUT2D eigenvalue weighted by atomic mass is 9.76. The van der Waals surface area contributed by atoms with Crippen molar-refractivity contribution in [3.63, 3.8) is 0 Å². The standard InChI is InChI=1S/C16H21F2NO2/c1-2-6-16(15(20)21)7-3-8-19(11-16)10-12-4-5-13(17)14(18)9-12/h4-5,9H,2-3,6-8,10-11H2,1H3,(H,20,21). The minimum absolute atomic E-state index is 0.454. The fourth-order valence-electron chi connectivity index (χ4n) is 3.22. The first kappa shape index (κ1) is 15.9. The van der Waals surface area contributed by atoms with Gasteiger partial charge >= 0.3 is 5.97 Å². The quantitative estimate of drug-likeness (QED) is 0.905. The maximum absolute atomic E-state index is 13.2. The third-order valence-electron chi connectivity index (χ3n) is 4.23. The number of carboxylic acid groups (broad SMARTS) is 1. The van der Waals surface area contributed by atoms with Gasteiger partial charge in [0.15, 0.2) is 11.6 Å². The van der Waals surface area contributed by atoms with Crippen LogP contribution in [0.3, 0.4) is 0 Å². The largest absolute Gasteiger partial charge is 0.481 e. The summed E-state index contributed by atoms with van der Waals surface area (Å²) in [4.78, 5) is 13.7. The third kappa shape index (κ3) is 3.59. The molecule has 0 radical (unpaired) electrons. The van der Waals surface area contributed by atoms with Crippen molar-refractivity contribution in [2.24, 2.45) is 5.41 Å². The van der Waals surface area contributed by atoms with Crippen LogP contribution in [-0.2, 0) is 11.3 Å². The molecule has 0 bridgehead atoms. The van der Waals surface area contributed by atoms with Crippen LogP contribution in [0.25, 0.3) is 0 Å². The molecule has 1 aromatic carbocycles. The fraction of sp³-hybridized carbons (Fsp3) is 0.562. The molecule has 0 aromatic heterocycles. The van der Waals surface area contributed by atoms with E-state index >= 15 is 0 Å². The molecule has 1 aromatic rings. The number of piperidine rings is 1. The van der Waals surface area contributed by atoms with Crippen molar-refractivity contribution in [3.05, 3.63) is 35.4 Å². The van der Waals surface area contributed by atoms with Gasteiger partial charge in [0.2, 0.25) is 0 Å². The lowest BCUT2D eigenvalue weighted by molar-refractivity contribution is -0.153. The van der Waals surface area contributed by atoms with Crippen LogP contribution in [0.1, 0.15) is 38.2 Å². The van der Waals surface area contributed by atoms with E-state index in [9.17, 15) is 18.7 Å². The van der Waals surface area contributed by atoms with Crippen molar-refractivity contribution in [2.75, 3.05) is 13.1 Å². The van der Waals surface area contributed by atoms with Gasteiger partial charge < -0.3 is 5.11 Å². The summed E-state index contributed by atoms with van der Waals surface area (Å²) in [7, 11) is 0. The van der Waals surface area contributed by atoms with E-state index in [0.717, 1.165) is 25.5 Å². The van der Waals surface area contributed by atoms with E-state index in [0.29, 0.717) is 31.5 Å². The van der Waals surface area contributed by atoms with Crippen LogP contribution in [0.4, 0.5) is 8.78 Å². The molecule has 1 fully saturated rings. The second-order valence-corrected chi connectivity index (χ2v) is 5.90. The number of aliphatic carboxylic acids is 1. The van der Waals surface area contributed by atoms with E-state index in [4.69, 9.17) is 0 Å². The SMILES string of the molecule is CCCC1(C(=O)O)CCCN(Cc2ccc(F)c(F)c2)C1. The Kier molecular flexibility index (Phi) is 4.93. The van der Waals surface area contributed by atoms with E-state index in [-0.39, 0.29) is 0 Å². The summed E-state index contributed by atoms with van der Waals surface area (Å²) in [6.45, 7) is 3.70. The molecule has 21 heavy (non-hydrogen) atoms. The molecule has 1 heterocycles. The van der Waals surface area contributed by atoms with Gasteiger partial charge in [-0.2, -0.15) is 0 Å². The zero-order chi connectivity index (χ0) is 15.5. The number of likely N-dealkylation sites (tertiary alicyclic amines) is 1. The van der Waals surface area contributed by atoms with Crippen molar-refractivity contribution < 1.29 is 18.7 Å². The lowest BCUT2D eigenvalue weighted by Crippen LogP contribution is -2.47. The molecule has 1 unspecified atom stereocenters. The molecule has 1 saturated heterocycles. The Morgan fingerprint density at radius 2 is 2.14 bits per heavy atom. The van der Waals surface area contributed by atoms with E-state index < -0.39 is 23.0 Å². The van der Waals surface area contributed by atoms with Gasteiger partial charge in [-0.25, -0.2) is 8.78 Å². The lowest BCUT2D eigenvalue weighted by Gasteiger charge is -2.40. The number of hydrogen-bond acceptors (Lipinski definition) is 2. The topological polar surface area (TPSA) is 40.5 Å². The zero-order valence-corrected chi connectivity index (χ0v) is 12.2. The zero-order valence-electron chi connectivity index (χ0n) is 12.2. The fourth-order valence-corrected chi connectivity index (χ4v) is 3.22. The third-order valence-corrected chi connectivity index (χ3v) is 4.23. The molecule has 5 heteroatoms. The molecular weight excluding hydrogens is 276 g/mol. The summed E-state index contributed by atoms with van der Waals surface area (Å²) in [6, 6.07) is 3.85. The van der Waals surface area contributed by atoms with Gasteiger partial charge in [-0.1, -0.05) is 19.4 Å². The van der Waals surface area contributed by atoms with Crippen LogP contribution in [0, 0.1) is 17.0 Å². The average molecular weight is 297 g/mol. The van der Waals surface area contributed by atoms with Crippen LogP contribution < -0.4 is 0 Å². The first-order valence-corrected chi connectivity index (χ1v) is 7.36. The van der Waals surface area contributed by atoms with Crippen LogP contribution in [-0.4, -0.2) is 29.1 Å². The van der Waals surface area contributed by atoms with E-state index in [2.05, 4.69) is 0 Å². The number of benzene rings is 1. The maximum atomic E-state index is 13.2. The predicted octanol–water partition coefficient (Wildman–Crippen LogP) is 3.43. The molecule has 1 N–H and O–H groups in total. The molecule has 0 saturated carbocycles. The second kappa shape index (κ2) is 6.52. The summed E-state index contributed by atoms with van der Waals surface area (Å²) in [5.74, 6) is -2.47. The number of carboxylic acids is 1. The summed E-state index contributed by atoms with van der Waals surface area (Å²) in [5.41, 5.74) is -0.0300. The summed E-state index contributed by atoms with van der Waals surface area (Å²) >= 11 is 0. The van der Waals surface area contributed by atoms with Crippen LogP contribution in [0.5, 0.6) is 0 Å². The Balaban J connectivity index is 2.09. The molecule has 1 aliphatic rings. The number of carbonyl (C=O) groups is 1. The minimum atomic E-state index is -0.859. The van der Waals surface area contributed by atoms with Gasteiger partial charge in [-0.3, -0.25) is 9.69 Å². The van der Waals surface area contributed by atoms with Crippen molar-refractivity contribution in [1.29, 1.82) is 0 Å². The van der Waals surface area contributed by atoms with Gasteiger partial charge in [0.25, 0.3) is 0 Å². The van der Waals surface area contributed by atoms with Crippen molar-refractivity contribution in [1.82, 2.24) is 4.90 Å². The highest BCUT2D eigenvalue weighted by Crippen LogP contribution is 2.35. The Morgan fingerprint density at radius 1 is 1.38 bits per heavy atom. The number of hydrogen-bond donors (Lipinski definition) is 1. The highest BCUT2D eigenvalue weighted by atomic mass is 19.2. The molecule has 2 rings (SSSR count). The normalized spacial score (nSPS) is 23.2. The van der Waals surface area contributed by atoms with Gasteiger partial charge in [0.1, 0.15) is 0 Å². The van der Waals surface area contributed by atoms with E-state index in [1.165, 1.54) is 6.07 Å². The molecule has 1 aliphatic heterocycles. The summed E-state index contributed by atoms with van der Waals surface area (Å²) in [6.07, 6.45) is 2.97. The van der Waals surface area contributed by atoms with Gasteiger partial charge in [0.05, 0.1) is 5.41 Å². The molecule has 0 amide bonds. The Morgan fingerprint density at radius 3 is 2.76 bits per heavy atom. The summed E-state index contributed by atoms with van der Waals surface area (Å²) < 4.78 is 26.2. The highest BCUT2D eigenvalue weighted by Gasteiger charge is 2.41. The number of nitrogens with zero attached hydrogens (tertiary/aromatic N) is 1. The van der Waals surface area contributed by atoms with Crippen molar-refractivity contribution >= 4 is 5.97 Å². The number of halogens is 2. The van der Waals surface area contributed by atoms with Crippen LogP contribution in [0.2, 0.25) is 0 Å². The van der Waals surface area contributed by atoms with Crippen LogP contribution >= 0.6 is 0 Å². The van der Waals surface area contributed by atoms with E-state index in [1.54, 1.807) is 6.07 Å². The van der Waals surface area contributed by atoms with Crippen molar-refractivity contribution in [3.8, 4) is 0 Å². The maximum Gasteiger partial charge on any atom is 0.310 e. The Bertz CT molecular complexity index is 517. The molecule has 3 nitrogen and oxygen atoms in total. The predicted molar refractivity (Wildman–Crippen MR) is 75.8 cm³/mol. The van der Waals surface area contributed by atoms with E-state index in [1.807, 2.05) is 11.8 Å². The minimum Gasteiger partial charge on any atom is -0.481 e. The van der Waals surface area contributed by atoms with Crippen LogP contribution in [0.15, 0.2) is 18.2 Å². The first-order chi connectivity index (χ1) is 9.97. The first-order valence-electron chi connectivity index (χ1n) is 7.36. The summed E-state index contributed by atoms with van der Waals surface area (Å²) in [5, 5.41) is 9.55. The van der Waals surface area contributed by atoms with Gasteiger partial charge in [-0.05, 0) is 43.5 Å². The van der Waals surface area contributed by atoms with Gasteiger partial charge in [-0.15, -0.1) is 0 Å². The second-order valence-electron chi connectivity index (χ2n) is 5.90. The number of rotatable bonds is 5. The molecule has 116 valence electrons. The Hall–Kier alpha value is -1.49. The van der Waals surface area contributed by atoms with Gasteiger partial charge in [0, 0.05) is 13.1 Å². The van der Waals surface area contributed by atoms with Crippen molar-refractivity contribution in [2.45, 2.75) is 39.2 Å².